The molecule has 142 valence electrons. The molecule has 1 unspecified atom stereocenters. The van der Waals surface area contributed by atoms with E-state index in [9.17, 15) is 0 Å². The van der Waals surface area contributed by atoms with E-state index in [1.54, 1.807) is 0 Å². The van der Waals surface area contributed by atoms with Crippen LogP contribution in [-0.2, 0) is 4.74 Å². The van der Waals surface area contributed by atoms with Crippen molar-refractivity contribution in [3.8, 4) is 0 Å². The number of nitrogens with one attached hydrogen (secondary N) is 2. The first kappa shape index (κ1) is 21.2. The number of guanidine groups is 1. The fraction of sp³-hybridized carbons (Fsp3) is 0.947. The van der Waals surface area contributed by atoms with Crippen molar-refractivity contribution in [2.45, 2.75) is 71.9 Å². The molecule has 0 radical (unpaired) electrons. The molecule has 1 heterocycles. The van der Waals surface area contributed by atoms with Crippen molar-refractivity contribution in [1.29, 1.82) is 0 Å². The summed E-state index contributed by atoms with van der Waals surface area (Å²) in [4.78, 5) is 7.24. The van der Waals surface area contributed by atoms with Gasteiger partial charge in [-0.15, -0.1) is 0 Å². The first-order chi connectivity index (χ1) is 11.2. The van der Waals surface area contributed by atoms with Crippen LogP contribution in [0.4, 0.5) is 0 Å². The van der Waals surface area contributed by atoms with Gasteiger partial charge in [-0.3, -0.25) is 4.99 Å². The standard InChI is InChI=1S/C19H40N4O/c1-8-20-17(22-16(2)9-10-18(3,4)5)21-15-19(23(6)7)11-13-24-14-12-19/h16H,8-15H2,1-7H3,(H2,20,21,22). The van der Waals surface area contributed by atoms with E-state index in [1.165, 1.54) is 6.42 Å². The van der Waals surface area contributed by atoms with Crippen LogP contribution in [-0.4, -0.2) is 62.8 Å². The number of rotatable bonds is 7. The van der Waals surface area contributed by atoms with E-state index in [-0.39, 0.29) is 5.54 Å². The van der Waals surface area contributed by atoms with Gasteiger partial charge in [0.15, 0.2) is 5.96 Å². The Balaban J connectivity index is 2.66. The van der Waals surface area contributed by atoms with Crippen LogP contribution >= 0.6 is 0 Å². The third-order valence-electron chi connectivity index (χ3n) is 4.96. The number of hydrogen-bond acceptors (Lipinski definition) is 3. The largest absolute Gasteiger partial charge is 0.381 e. The number of ether oxygens (including phenoxy) is 1. The summed E-state index contributed by atoms with van der Waals surface area (Å²) in [5.41, 5.74) is 0.498. The zero-order valence-electron chi connectivity index (χ0n) is 17.0. The minimum Gasteiger partial charge on any atom is -0.381 e. The highest BCUT2D eigenvalue weighted by Gasteiger charge is 2.34. The lowest BCUT2D eigenvalue weighted by Crippen LogP contribution is -2.52. The van der Waals surface area contributed by atoms with Crippen molar-refractivity contribution in [3.63, 3.8) is 0 Å². The van der Waals surface area contributed by atoms with E-state index in [1.807, 2.05) is 0 Å². The predicted octanol–water partition coefficient (Wildman–Crippen LogP) is 2.87. The average molecular weight is 341 g/mol. The minimum atomic E-state index is 0.120. The van der Waals surface area contributed by atoms with E-state index >= 15 is 0 Å². The van der Waals surface area contributed by atoms with Crippen LogP contribution in [0.1, 0.15) is 60.3 Å². The van der Waals surface area contributed by atoms with E-state index < -0.39 is 0 Å². The molecule has 0 spiro atoms. The van der Waals surface area contributed by atoms with Gasteiger partial charge in [0.05, 0.1) is 6.54 Å². The van der Waals surface area contributed by atoms with Gasteiger partial charge in [-0.05, 0) is 59.0 Å². The molecule has 0 aromatic rings. The van der Waals surface area contributed by atoms with E-state index in [0.717, 1.165) is 51.5 Å². The smallest absolute Gasteiger partial charge is 0.191 e. The molecule has 0 amide bonds. The molecule has 0 bridgehead atoms. The highest BCUT2D eigenvalue weighted by molar-refractivity contribution is 5.80. The van der Waals surface area contributed by atoms with Crippen molar-refractivity contribution in [3.05, 3.63) is 0 Å². The lowest BCUT2D eigenvalue weighted by atomic mass is 9.89. The van der Waals surface area contributed by atoms with Crippen molar-refractivity contribution in [2.75, 3.05) is 40.4 Å². The zero-order chi connectivity index (χ0) is 18.2. The summed E-state index contributed by atoms with van der Waals surface area (Å²) in [6.45, 7) is 14.6. The van der Waals surface area contributed by atoms with Crippen LogP contribution in [0.3, 0.4) is 0 Å². The summed E-state index contributed by atoms with van der Waals surface area (Å²) >= 11 is 0. The van der Waals surface area contributed by atoms with Gasteiger partial charge >= 0.3 is 0 Å². The molecule has 0 aromatic heterocycles. The van der Waals surface area contributed by atoms with Crippen molar-refractivity contribution in [1.82, 2.24) is 15.5 Å². The molecule has 1 saturated heterocycles. The zero-order valence-corrected chi connectivity index (χ0v) is 17.0. The summed E-state index contributed by atoms with van der Waals surface area (Å²) in [6.07, 6.45) is 4.45. The summed E-state index contributed by atoms with van der Waals surface area (Å²) < 4.78 is 5.55. The number of hydrogen-bond donors (Lipinski definition) is 2. The van der Waals surface area contributed by atoms with E-state index in [2.05, 4.69) is 64.2 Å². The third-order valence-corrected chi connectivity index (χ3v) is 4.96. The fourth-order valence-electron chi connectivity index (χ4n) is 3.00. The SMILES string of the molecule is CCNC(=NCC1(N(C)C)CCOCC1)NC(C)CCC(C)(C)C. The molecule has 1 aliphatic heterocycles. The highest BCUT2D eigenvalue weighted by atomic mass is 16.5. The van der Waals surface area contributed by atoms with Gasteiger partial charge in [0, 0.05) is 31.3 Å². The third kappa shape index (κ3) is 7.39. The van der Waals surface area contributed by atoms with Crippen LogP contribution in [0, 0.1) is 5.41 Å². The topological polar surface area (TPSA) is 48.9 Å². The lowest BCUT2D eigenvalue weighted by molar-refractivity contribution is -0.00255. The van der Waals surface area contributed by atoms with Gasteiger partial charge in [0.2, 0.25) is 0 Å². The Morgan fingerprint density at radius 1 is 1.25 bits per heavy atom. The van der Waals surface area contributed by atoms with Crippen molar-refractivity contribution < 1.29 is 4.74 Å². The monoisotopic (exact) mass is 340 g/mol. The quantitative estimate of drug-likeness (QED) is 0.553. The molecule has 5 nitrogen and oxygen atoms in total. The van der Waals surface area contributed by atoms with Gasteiger partial charge in [-0.1, -0.05) is 20.8 Å². The number of likely N-dealkylation sites (N-methyl/N-ethyl adjacent to an activating group) is 1. The molecular weight excluding hydrogens is 300 g/mol. The molecule has 0 aliphatic carbocycles. The molecule has 1 atom stereocenters. The first-order valence-electron chi connectivity index (χ1n) is 9.48. The van der Waals surface area contributed by atoms with Gasteiger partial charge in [0.1, 0.15) is 0 Å². The Bertz CT molecular complexity index is 381. The number of aliphatic imine (C=N–C) groups is 1. The summed E-state index contributed by atoms with van der Waals surface area (Å²) in [5, 5.41) is 6.97. The molecule has 1 fully saturated rings. The molecule has 24 heavy (non-hydrogen) atoms. The second-order valence-corrected chi connectivity index (χ2v) is 8.57. The lowest BCUT2D eigenvalue weighted by Gasteiger charge is -2.41. The van der Waals surface area contributed by atoms with Gasteiger partial charge in [0.25, 0.3) is 0 Å². The Labute approximate surface area is 149 Å². The molecule has 0 saturated carbocycles. The summed E-state index contributed by atoms with van der Waals surface area (Å²) in [6, 6.07) is 0.423. The van der Waals surface area contributed by atoms with Crippen molar-refractivity contribution >= 4 is 5.96 Å². The Kier molecular flexibility index (Phi) is 8.51. The minimum absolute atomic E-state index is 0.120. The molecule has 1 rings (SSSR count). The van der Waals surface area contributed by atoms with Crippen LogP contribution in [0.5, 0.6) is 0 Å². The Morgan fingerprint density at radius 2 is 1.88 bits per heavy atom. The normalized spacial score (nSPS) is 20.1. The maximum absolute atomic E-state index is 5.55. The van der Waals surface area contributed by atoms with E-state index in [4.69, 9.17) is 9.73 Å². The molecular formula is C19H40N4O. The maximum atomic E-state index is 5.55. The molecule has 5 heteroatoms. The second kappa shape index (κ2) is 9.62. The molecule has 0 aromatic carbocycles. The molecule has 1 aliphatic rings. The second-order valence-electron chi connectivity index (χ2n) is 8.57. The van der Waals surface area contributed by atoms with Gasteiger partial charge in [-0.25, -0.2) is 0 Å². The predicted molar refractivity (Wildman–Crippen MR) is 104 cm³/mol. The van der Waals surface area contributed by atoms with Crippen LogP contribution in [0.2, 0.25) is 0 Å². The Morgan fingerprint density at radius 3 is 2.38 bits per heavy atom. The van der Waals surface area contributed by atoms with Gasteiger partial charge < -0.3 is 20.3 Å². The average Bonchev–Trinajstić information content (AvgIpc) is 2.51. The van der Waals surface area contributed by atoms with Crippen LogP contribution in [0.15, 0.2) is 4.99 Å². The Hall–Kier alpha value is -0.810. The van der Waals surface area contributed by atoms with E-state index in [0.29, 0.717) is 11.5 Å². The van der Waals surface area contributed by atoms with Crippen molar-refractivity contribution in [2.24, 2.45) is 10.4 Å². The maximum Gasteiger partial charge on any atom is 0.191 e. The van der Waals surface area contributed by atoms with Crippen LogP contribution < -0.4 is 10.6 Å². The van der Waals surface area contributed by atoms with Gasteiger partial charge in [-0.2, -0.15) is 0 Å². The number of nitrogens with zero attached hydrogens (tertiary/aromatic N) is 2. The van der Waals surface area contributed by atoms with Crippen LogP contribution in [0.25, 0.3) is 0 Å². The summed E-state index contributed by atoms with van der Waals surface area (Å²) in [7, 11) is 4.32. The fourth-order valence-corrected chi connectivity index (χ4v) is 3.00. The first-order valence-corrected chi connectivity index (χ1v) is 9.48. The highest BCUT2D eigenvalue weighted by Crippen LogP contribution is 2.26. The molecule has 2 N–H and O–H groups in total. The summed E-state index contributed by atoms with van der Waals surface area (Å²) in [5.74, 6) is 0.937.